The van der Waals surface area contributed by atoms with Gasteiger partial charge in [-0.05, 0) is 50.0 Å². The van der Waals surface area contributed by atoms with Gasteiger partial charge in [-0.1, -0.05) is 103 Å². The predicted octanol–water partition coefficient (Wildman–Crippen LogP) is 6.54. The Hall–Kier alpha value is -4.00. The zero-order valence-corrected chi connectivity index (χ0v) is 23.4. The molecular formula is C34H37NO5. The molecule has 0 aliphatic carbocycles. The summed E-state index contributed by atoms with van der Waals surface area (Å²) in [6, 6.07) is 27.0. The molecule has 0 bridgehead atoms. The van der Waals surface area contributed by atoms with Crippen LogP contribution in [0, 0.1) is 6.92 Å². The van der Waals surface area contributed by atoms with Crippen LogP contribution in [0.4, 0.5) is 4.79 Å². The normalized spacial score (nSPS) is 16.9. The predicted molar refractivity (Wildman–Crippen MR) is 157 cm³/mol. The van der Waals surface area contributed by atoms with Gasteiger partial charge in [-0.25, -0.2) is 9.69 Å². The highest BCUT2D eigenvalue weighted by Gasteiger charge is 2.42. The van der Waals surface area contributed by atoms with Gasteiger partial charge in [0.25, 0.3) is 5.91 Å². The Morgan fingerprint density at radius 3 is 2.25 bits per heavy atom. The Morgan fingerprint density at radius 1 is 1.00 bits per heavy atom. The SMILES string of the molecule is C=C(C)CO[C@H](/C(=C\c1ccc(C)cc1)C(=O)N1C(=O)OC[C@H]1Cc1ccccc1)[C@H](C)OCc1ccccc1. The van der Waals surface area contributed by atoms with Crippen LogP contribution in [0.15, 0.2) is 103 Å². The summed E-state index contributed by atoms with van der Waals surface area (Å²) in [5.41, 5.74) is 5.08. The monoisotopic (exact) mass is 539 g/mol. The van der Waals surface area contributed by atoms with E-state index in [4.69, 9.17) is 14.2 Å². The summed E-state index contributed by atoms with van der Waals surface area (Å²) in [6.07, 6.45) is 0.356. The van der Waals surface area contributed by atoms with Gasteiger partial charge in [0, 0.05) is 5.57 Å². The van der Waals surface area contributed by atoms with Crippen LogP contribution in [0.1, 0.15) is 36.1 Å². The standard InChI is InChI=1S/C34H37NO5/c1-24(2)21-39-32(26(4)38-22-29-13-9-6-10-14-29)31(20-28-17-15-25(3)16-18-28)33(36)35-30(23-40-34(35)37)19-27-11-7-5-8-12-27/h5-18,20,26,30,32H,1,19,21-23H2,2-4H3/b31-20+/t26-,30+,32-/m0/s1. The van der Waals surface area contributed by atoms with Crippen LogP contribution in [0.5, 0.6) is 0 Å². The first-order valence-corrected chi connectivity index (χ1v) is 13.6. The zero-order valence-electron chi connectivity index (χ0n) is 23.4. The van der Waals surface area contributed by atoms with Crippen molar-refractivity contribution >= 4 is 18.1 Å². The molecule has 0 spiro atoms. The van der Waals surface area contributed by atoms with Crippen LogP contribution in [0.2, 0.25) is 0 Å². The Bertz CT molecular complexity index is 1320. The topological polar surface area (TPSA) is 65.1 Å². The Kier molecular flexibility index (Phi) is 10.1. The molecule has 1 aliphatic rings. The third-order valence-corrected chi connectivity index (χ3v) is 6.74. The van der Waals surface area contributed by atoms with Crippen LogP contribution in [-0.2, 0) is 32.0 Å². The molecule has 208 valence electrons. The number of aryl methyl sites for hydroxylation is 1. The first-order chi connectivity index (χ1) is 19.3. The fraction of sp³-hybridized carbons (Fsp3) is 0.294. The summed E-state index contributed by atoms with van der Waals surface area (Å²) in [5, 5.41) is 0. The Morgan fingerprint density at radius 2 is 1.62 bits per heavy atom. The first-order valence-electron chi connectivity index (χ1n) is 13.6. The Labute approximate surface area is 236 Å². The number of hydrogen-bond donors (Lipinski definition) is 0. The molecule has 0 unspecified atom stereocenters. The molecule has 1 heterocycles. The van der Waals surface area contributed by atoms with Gasteiger partial charge >= 0.3 is 6.09 Å². The molecule has 0 saturated carbocycles. The molecule has 40 heavy (non-hydrogen) atoms. The molecule has 0 radical (unpaired) electrons. The summed E-state index contributed by atoms with van der Waals surface area (Å²) >= 11 is 0. The maximum Gasteiger partial charge on any atom is 0.417 e. The molecule has 1 fully saturated rings. The van der Waals surface area contributed by atoms with Crippen LogP contribution < -0.4 is 0 Å². The summed E-state index contributed by atoms with van der Waals surface area (Å²) in [6.45, 7) is 10.4. The van der Waals surface area contributed by atoms with Gasteiger partial charge in [0.2, 0.25) is 0 Å². The molecular weight excluding hydrogens is 502 g/mol. The van der Waals surface area contributed by atoms with Crippen molar-refractivity contribution in [3.63, 3.8) is 0 Å². The zero-order chi connectivity index (χ0) is 28.5. The fourth-order valence-corrected chi connectivity index (χ4v) is 4.59. The summed E-state index contributed by atoms with van der Waals surface area (Å²) in [7, 11) is 0. The number of carbonyl (C=O) groups excluding carboxylic acids is 2. The molecule has 0 aromatic heterocycles. The average molecular weight is 540 g/mol. The maximum atomic E-state index is 14.3. The average Bonchev–Trinajstić information content (AvgIpc) is 3.32. The maximum absolute atomic E-state index is 14.3. The highest BCUT2D eigenvalue weighted by Crippen LogP contribution is 2.26. The van der Waals surface area contributed by atoms with E-state index >= 15 is 0 Å². The highest BCUT2D eigenvalue weighted by molar-refractivity contribution is 6.07. The molecule has 0 N–H and O–H groups in total. The van der Waals surface area contributed by atoms with E-state index in [0.717, 1.165) is 27.8 Å². The minimum Gasteiger partial charge on any atom is -0.447 e. The third-order valence-electron chi connectivity index (χ3n) is 6.74. The molecule has 6 heteroatoms. The quantitative estimate of drug-likeness (QED) is 0.193. The number of hydrogen-bond acceptors (Lipinski definition) is 5. The first kappa shape index (κ1) is 29.0. The summed E-state index contributed by atoms with van der Waals surface area (Å²) < 4.78 is 17.9. The number of nitrogens with zero attached hydrogens (tertiary/aromatic N) is 1. The number of cyclic esters (lactones) is 1. The largest absolute Gasteiger partial charge is 0.447 e. The van der Waals surface area contributed by atoms with E-state index in [0.29, 0.717) is 18.6 Å². The van der Waals surface area contributed by atoms with Crippen molar-refractivity contribution in [2.75, 3.05) is 13.2 Å². The molecule has 3 atom stereocenters. The number of imide groups is 1. The lowest BCUT2D eigenvalue weighted by Gasteiger charge is -2.29. The third kappa shape index (κ3) is 7.78. The van der Waals surface area contributed by atoms with Crippen molar-refractivity contribution in [3.05, 3.63) is 125 Å². The molecule has 1 aliphatic heterocycles. The lowest BCUT2D eigenvalue weighted by atomic mass is 9.98. The molecule has 1 saturated heterocycles. The van der Waals surface area contributed by atoms with Gasteiger partial charge in [-0.3, -0.25) is 4.79 Å². The van der Waals surface area contributed by atoms with Crippen LogP contribution in [-0.4, -0.2) is 48.4 Å². The van der Waals surface area contributed by atoms with Gasteiger partial charge in [0.15, 0.2) is 0 Å². The van der Waals surface area contributed by atoms with Crippen LogP contribution in [0.3, 0.4) is 0 Å². The second-order valence-electron chi connectivity index (χ2n) is 10.3. The van der Waals surface area contributed by atoms with Crippen molar-refractivity contribution in [2.24, 2.45) is 0 Å². The van der Waals surface area contributed by atoms with E-state index in [9.17, 15) is 9.59 Å². The van der Waals surface area contributed by atoms with E-state index in [1.54, 1.807) is 6.08 Å². The van der Waals surface area contributed by atoms with Crippen molar-refractivity contribution in [3.8, 4) is 0 Å². The van der Waals surface area contributed by atoms with Crippen molar-refractivity contribution in [1.82, 2.24) is 4.90 Å². The Balaban J connectivity index is 1.69. The highest BCUT2D eigenvalue weighted by atomic mass is 16.6. The smallest absolute Gasteiger partial charge is 0.417 e. The van der Waals surface area contributed by atoms with Crippen molar-refractivity contribution in [2.45, 2.75) is 52.0 Å². The van der Waals surface area contributed by atoms with Gasteiger partial charge in [0.05, 0.1) is 25.4 Å². The number of benzene rings is 3. The van der Waals surface area contributed by atoms with E-state index < -0.39 is 30.3 Å². The van der Waals surface area contributed by atoms with E-state index in [2.05, 4.69) is 6.58 Å². The molecule has 3 aromatic carbocycles. The van der Waals surface area contributed by atoms with E-state index in [-0.39, 0.29) is 13.2 Å². The minimum atomic E-state index is -0.764. The van der Waals surface area contributed by atoms with Crippen molar-refractivity contribution < 1.29 is 23.8 Å². The van der Waals surface area contributed by atoms with Crippen molar-refractivity contribution in [1.29, 1.82) is 0 Å². The summed E-state index contributed by atoms with van der Waals surface area (Å²) in [5.74, 6) is -0.453. The summed E-state index contributed by atoms with van der Waals surface area (Å²) in [4.78, 5) is 28.5. The lowest BCUT2D eigenvalue weighted by molar-refractivity contribution is -0.128. The van der Waals surface area contributed by atoms with Gasteiger partial charge < -0.3 is 14.2 Å². The number of carbonyl (C=O) groups is 2. The fourth-order valence-electron chi connectivity index (χ4n) is 4.59. The van der Waals surface area contributed by atoms with Gasteiger partial charge in [-0.15, -0.1) is 0 Å². The van der Waals surface area contributed by atoms with Gasteiger partial charge in [0.1, 0.15) is 12.7 Å². The number of amides is 2. The van der Waals surface area contributed by atoms with E-state index in [1.165, 1.54) is 4.90 Å². The number of rotatable bonds is 12. The van der Waals surface area contributed by atoms with E-state index in [1.807, 2.05) is 106 Å². The number of ether oxygens (including phenoxy) is 3. The molecule has 4 rings (SSSR count). The van der Waals surface area contributed by atoms with Gasteiger partial charge in [-0.2, -0.15) is 0 Å². The molecule has 6 nitrogen and oxygen atoms in total. The lowest BCUT2D eigenvalue weighted by Crippen LogP contribution is -2.45. The van der Waals surface area contributed by atoms with Crippen LogP contribution >= 0.6 is 0 Å². The molecule has 2 amide bonds. The second kappa shape index (κ2) is 13.9. The van der Waals surface area contributed by atoms with Crippen LogP contribution in [0.25, 0.3) is 6.08 Å². The second-order valence-corrected chi connectivity index (χ2v) is 10.3. The molecule has 3 aromatic rings. The minimum absolute atomic E-state index is 0.134.